The lowest BCUT2D eigenvalue weighted by Crippen LogP contribution is -2.41. The molecule has 0 aliphatic heterocycles. The molecule has 0 aromatic heterocycles. The van der Waals surface area contributed by atoms with Crippen LogP contribution in [-0.4, -0.2) is 38.6 Å². The van der Waals surface area contributed by atoms with Crippen LogP contribution in [0.1, 0.15) is 30.1 Å². The Balaban J connectivity index is 2.29. The number of hydrogen-bond acceptors (Lipinski definition) is 5. The van der Waals surface area contributed by atoms with Gasteiger partial charge in [-0.15, -0.1) is 0 Å². The van der Waals surface area contributed by atoms with Crippen LogP contribution in [0.4, 0.5) is 5.69 Å². The highest BCUT2D eigenvalue weighted by molar-refractivity contribution is 5.99. The summed E-state index contributed by atoms with van der Waals surface area (Å²) >= 11 is 0. The predicted molar refractivity (Wildman–Crippen MR) is 86.9 cm³/mol. The molecule has 2 amide bonds. The molecule has 7 nitrogen and oxygen atoms in total. The molecular weight excluding hydrogens is 298 g/mol. The number of rotatable bonds is 7. The van der Waals surface area contributed by atoms with Crippen molar-refractivity contribution < 1.29 is 19.1 Å². The number of methoxy groups -OCH3 is 2. The van der Waals surface area contributed by atoms with Crippen molar-refractivity contribution in [2.24, 2.45) is 11.7 Å². The number of anilines is 1. The second-order valence-corrected chi connectivity index (χ2v) is 5.59. The number of amides is 2. The highest BCUT2D eigenvalue weighted by Crippen LogP contribution is 2.37. The lowest BCUT2D eigenvalue weighted by molar-refractivity contribution is -0.114. The van der Waals surface area contributed by atoms with Gasteiger partial charge in [0.05, 0.1) is 19.9 Å². The van der Waals surface area contributed by atoms with Crippen molar-refractivity contribution in [2.75, 3.05) is 26.1 Å². The third-order valence-electron chi connectivity index (χ3n) is 3.81. The first-order valence-corrected chi connectivity index (χ1v) is 7.54. The minimum atomic E-state index is -0.263. The SMILES string of the molecule is COc1cc(C(=O)NC(CN)C2CC2)cc(NC(C)=O)c1OC. The molecule has 0 heterocycles. The van der Waals surface area contributed by atoms with E-state index in [0.29, 0.717) is 35.2 Å². The number of benzene rings is 1. The summed E-state index contributed by atoms with van der Waals surface area (Å²) in [4.78, 5) is 23.8. The van der Waals surface area contributed by atoms with E-state index in [1.807, 2.05) is 0 Å². The minimum Gasteiger partial charge on any atom is -0.493 e. The van der Waals surface area contributed by atoms with Crippen molar-refractivity contribution in [1.29, 1.82) is 0 Å². The van der Waals surface area contributed by atoms with E-state index in [4.69, 9.17) is 15.2 Å². The van der Waals surface area contributed by atoms with Gasteiger partial charge < -0.3 is 25.8 Å². The van der Waals surface area contributed by atoms with E-state index in [0.717, 1.165) is 12.8 Å². The van der Waals surface area contributed by atoms with Gasteiger partial charge in [-0.05, 0) is 30.9 Å². The van der Waals surface area contributed by atoms with E-state index in [9.17, 15) is 9.59 Å². The Labute approximate surface area is 135 Å². The fourth-order valence-corrected chi connectivity index (χ4v) is 2.50. The summed E-state index contributed by atoms with van der Waals surface area (Å²) in [7, 11) is 2.95. The Hall–Kier alpha value is -2.28. The average Bonchev–Trinajstić information content (AvgIpc) is 3.35. The van der Waals surface area contributed by atoms with Gasteiger partial charge >= 0.3 is 0 Å². The Morgan fingerprint density at radius 3 is 2.48 bits per heavy atom. The maximum atomic E-state index is 12.5. The van der Waals surface area contributed by atoms with Gasteiger partial charge in [-0.1, -0.05) is 0 Å². The second kappa shape index (κ2) is 7.32. The van der Waals surface area contributed by atoms with Gasteiger partial charge in [0.15, 0.2) is 11.5 Å². The molecule has 0 bridgehead atoms. The molecule has 0 spiro atoms. The Morgan fingerprint density at radius 1 is 1.30 bits per heavy atom. The summed E-state index contributed by atoms with van der Waals surface area (Å²) in [5, 5.41) is 5.59. The fourth-order valence-electron chi connectivity index (χ4n) is 2.50. The first kappa shape index (κ1) is 17.1. The van der Waals surface area contributed by atoms with Crippen molar-refractivity contribution in [2.45, 2.75) is 25.8 Å². The molecular formula is C16H23N3O4. The highest BCUT2D eigenvalue weighted by atomic mass is 16.5. The molecule has 4 N–H and O–H groups in total. The Bertz CT molecular complexity index is 599. The molecule has 126 valence electrons. The molecule has 1 atom stereocenters. The number of hydrogen-bond donors (Lipinski definition) is 3. The molecule has 2 rings (SSSR count). The summed E-state index contributed by atoms with van der Waals surface area (Å²) in [5.74, 6) is 0.691. The molecule has 1 aliphatic carbocycles. The Morgan fingerprint density at radius 2 is 2.00 bits per heavy atom. The number of carbonyl (C=O) groups is 2. The van der Waals surface area contributed by atoms with Crippen LogP contribution in [0.2, 0.25) is 0 Å². The zero-order valence-corrected chi connectivity index (χ0v) is 13.6. The third-order valence-corrected chi connectivity index (χ3v) is 3.81. The van der Waals surface area contributed by atoms with Gasteiger partial charge in [0.1, 0.15) is 0 Å². The van der Waals surface area contributed by atoms with Crippen molar-refractivity contribution in [3.63, 3.8) is 0 Å². The van der Waals surface area contributed by atoms with Crippen molar-refractivity contribution in [1.82, 2.24) is 5.32 Å². The molecule has 7 heteroatoms. The minimum absolute atomic E-state index is 0.0280. The summed E-state index contributed by atoms with van der Waals surface area (Å²) in [6.45, 7) is 1.79. The van der Waals surface area contributed by atoms with Crippen LogP contribution in [0.25, 0.3) is 0 Å². The van der Waals surface area contributed by atoms with Gasteiger partial charge in [0, 0.05) is 25.1 Å². The topological polar surface area (TPSA) is 103 Å². The van der Waals surface area contributed by atoms with Crippen molar-refractivity contribution in [3.05, 3.63) is 17.7 Å². The van der Waals surface area contributed by atoms with Crippen LogP contribution in [-0.2, 0) is 4.79 Å². The normalized spacial score (nSPS) is 14.8. The lowest BCUT2D eigenvalue weighted by Gasteiger charge is -2.18. The second-order valence-electron chi connectivity index (χ2n) is 5.59. The zero-order chi connectivity index (χ0) is 17.0. The van der Waals surface area contributed by atoms with E-state index in [1.165, 1.54) is 21.1 Å². The molecule has 1 saturated carbocycles. The maximum Gasteiger partial charge on any atom is 0.251 e. The average molecular weight is 321 g/mol. The summed E-state index contributed by atoms with van der Waals surface area (Å²) in [6.07, 6.45) is 2.18. The first-order valence-electron chi connectivity index (χ1n) is 7.54. The van der Waals surface area contributed by atoms with Gasteiger partial charge in [-0.3, -0.25) is 9.59 Å². The monoisotopic (exact) mass is 321 g/mol. The molecule has 1 unspecified atom stereocenters. The van der Waals surface area contributed by atoms with Gasteiger partial charge in [-0.2, -0.15) is 0 Å². The molecule has 1 aromatic rings. The molecule has 0 radical (unpaired) electrons. The molecule has 23 heavy (non-hydrogen) atoms. The highest BCUT2D eigenvalue weighted by Gasteiger charge is 2.31. The van der Waals surface area contributed by atoms with Crippen LogP contribution in [0, 0.1) is 5.92 Å². The van der Waals surface area contributed by atoms with E-state index >= 15 is 0 Å². The summed E-state index contributed by atoms with van der Waals surface area (Å²) in [6, 6.07) is 3.12. The predicted octanol–water partition coefficient (Wildman–Crippen LogP) is 1.13. The van der Waals surface area contributed by atoms with E-state index in [-0.39, 0.29) is 17.9 Å². The van der Waals surface area contributed by atoms with Gasteiger partial charge in [0.2, 0.25) is 5.91 Å². The number of ether oxygens (including phenoxy) is 2. The number of carbonyl (C=O) groups excluding carboxylic acids is 2. The van der Waals surface area contributed by atoms with Crippen LogP contribution in [0.5, 0.6) is 11.5 Å². The molecule has 1 aromatic carbocycles. The quantitative estimate of drug-likeness (QED) is 0.698. The molecule has 1 aliphatic rings. The molecule has 0 saturated heterocycles. The van der Waals surface area contributed by atoms with Crippen LogP contribution >= 0.6 is 0 Å². The Kier molecular flexibility index (Phi) is 5.44. The van der Waals surface area contributed by atoms with Crippen LogP contribution in [0.3, 0.4) is 0 Å². The first-order chi connectivity index (χ1) is 11.0. The summed E-state index contributed by atoms with van der Waals surface area (Å²) < 4.78 is 10.5. The number of nitrogens with two attached hydrogens (primary N) is 1. The fraction of sp³-hybridized carbons (Fsp3) is 0.500. The van der Waals surface area contributed by atoms with Gasteiger partial charge in [0.25, 0.3) is 5.91 Å². The zero-order valence-electron chi connectivity index (χ0n) is 13.6. The third kappa shape index (κ3) is 4.13. The van der Waals surface area contributed by atoms with Crippen LogP contribution in [0.15, 0.2) is 12.1 Å². The number of nitrogens with one attached hydrogen (secondary N) is 2. The van der Waals surface area contributed by atoms with Crippen LogP contribution < -0.4 is 25.8 Å². The maximum absolute atomic E-state index is 12.5. The van der Waals surface area contributed by atoms with Crippen molar-refractivity contribution in [3.8, 4) is 11.5 Å². The standard InChI is InChI=1S/C16H23N3O4/c1-9(20)18-12-6-11(7-14(22-2)15(12)23-3)16(21)19-13(8-17)10-4-5-10/h6-7,10,13H,4-5,8,17H2,1-3H3,(H,18,20)(H,19,21). The molecule has 1 fully saturated rings. The van der Waals surface area contributed by atoms with E-state index in [2.05, 4.69) is 10.6 Å². The largest absolute Gasteiger partial charge is 0.493 e. The van der Waals surface area contributed by atoms with Crippen molar-refractivity contribution >= 4 is 17.5 Å². The lowest BCUT2D eigenvalue weighted by atomic mass is 10.1. The summed E-state index contributed by atoms with van der Waals surface area (Å²) in [5.41, 5.74) is 6.49. The van der Waals surface area contributed by atoms with Gasteiger partial charge in [-0.25, -0.2) is 0 Å². The smallest absolute Gasteiger partial charge is 0.251 e. The van der Waals surface area contributed by atoms with E-state index in [1.54, 1.807) is 12.1 Å². The van der Waals surface area contributed by atoms with E-state index < -0.39 is 0 Å².